The number of hydrogen-bond donors (Lipinski definition) is 2. The molecule has 0 bridgehead atoms. The van der Waals surface area contributed by atoms with Gasteiger partial charge >= 0.3 is 0 Å². The van der Waals surface area contributed by atoms with E-state index in [-0.39, 0.29) is 0 Å². The van der Waals surface area contributed by atoms with Crippen molar-refractivity contribution in [3.63, 3.8) is 0 Å². The van der Waals surface area contributed by atoms with Gasteiger partial charge in [0.1, 0.15) is 0 Å². The van der Waals surface area contributed by atoms with Crippen LogP contribution in [0.25, 0.3) is 0 Å². The molecule has 0 radical (unpaired) electrons. The average molecular weight is 393 g/mol. The van der Waals surface area contributed by atoms with Crippen molar-refractivity contribution in [1.82, 2.24) is 15.6 Å². The lowest BCUT2D eigenvalue weighted by Crippen LogP contribution is -2.38. The van der Waals surface area contributed by atoms with E-state index in [9.17, 15) is 0 Å². The molecular formula is C21H36N4O3. The first-order valence-electron chi connectivity index (χ1n) is 10.6. The topological polar surface area (TPSA) is 77.0 Å². The van der Waals surface area contributed by atoms with Gasteiger partial charge in [0, 0.05) is 51.8 Å². The molecule has 0 aromatic carbocycles. The number of rotatable bonds is 12. The molecule has 1 saturated heterocycles. The van der Waals surface area contributed by atoms with Gasteiger partial charge < -0.3 is 24.8 Å². The van der Waals surface area contributed by atoms with Crippen molar-refractivity contribution < 1.29 is 14.2 Å². The van der Waals surface area contributed by atoms with E-state index >= 15 is 0 Å². The van der Waals surface area contributed by atoms with Crippen molar-refractivity contribution in [1.29, 1.82) is 0 Å². The summed E-state index contributed by atoms with van der Waals surface area (Å²) in [4.78, 5) is 8.94. The van der Waals surface area contributed by atoms with Gasteiger partial charge in [-0.05, 0) is 44.1 Å². The molecule has 7 heteroatoms. The zero-order chi connectivity index (χ0) is 19.9. The number of ether oxygens (including phenoxy) is 3. The normalized spacial score (nSPS) is 15.4. The maximum Gasteiger partial charge on any atom is 0.213 e. The molecule has 7 nitrogen and oxygen atoms in total. The highest BCUT2D eigenvalue weighted by atomic mass is 16.5. The zero-order valence-electron chi connectivity index (χ0n) is 17.4. The largest absolute Gasteiger partial charge is 0.478 e. The van der Waals surface area contributed by atoms with Crippen LogP contribution in [0.4, 0.5) is 0 Å². The number of guanidine groups is 1. The lowest BCUT2D eigenvalue weighted by Gasteiger charge is -2.21. The van der Waals surface area contributed by atoms with Crippen molar-refractivity contribution in [2.24, 2.45) is 10.9 Å². The summed E-state index contributed by atoms with van der Waals surface area (Å²) in [5.41, 5.74) is 1.06. The SMILES string of the molecule is CCCOc1ccc(CN=C(NCC)NCCCOCC2CCOCC2)cn1. The molecule has 0 unspecified atom stereocenters. The maximum atomic E-state index is 5.81. The average Bonchev–Trinajstić information content (AvgIpc) is 2.74. The summed E-state index contributed by atoms with van der Waals surface area (Å²) < 4.78 is 16.7. The minimum atomic E-state index is 0.580. The van der Waals surface area contributed by atoms with Crippen LogP contribution >= 0.6 is 0 Å². The first kappa shape index (κ1) is 22.4. The third kappa shape index (κ3) is 9.37. The summed E-state index contributed by atoms with van der Waals surface area (Å²) in [5.74, 6) is 2.14. The van der Waals surface area contributed by atoms with Crippen molar-refractivity contribution >= 4 is 5.96 Å². The summed E-state index contributed by atoms with van der Waals surface area (Å²) >= 11 is 0. The monoisotopic (exact) mass is 392 g/mol. The summed E-state index contributed by atoms with van der Waals surface area (Å²) in [6, 6.07) is 3.91. The molecule has 0 spiro atoms. The summed E-state index contributed by atoms with van der Waals surface area (Å²) in [5, 5.41) is 6.64. The van der Waals surface area contributed by atoms with E-state index in [4.69, 9.17) is 14.2 Å². The first-order valence-corrected chi connectivity index (χ1v) is 10.6. The Morgan fingerprint density at radius 3 is 2.79 bits per heavy atom. The smallest absolute Gasteiger partial charge is 0.213 e. The Morgan fingerprint density at radius 2 is 2.07 bits per heavy atom. The second-order valence-corrected chi connectivity index (χ2v) is 6.96. The molecule has 2 rings (SSSR count). The van der Waals surface area contributed by atoms with Gasteiger partial charge in [-0.25, -0.2) is 9.98 Å². The lowest BCUT2D eigenvalue weighted by molar-refractivity contribution is 0.0203. The number of nitrogens with one attached hydrogen (secondary N) is 2. The van der Waals surface area contributed by atoms with Crippen LogP contribution in [-0.2, 0) is 16.0 Å². The van der Waals surface area contributed by atoms with Gasteiger partial charge in [0.05, 0.1) is 13.2 Å². The van der Waals surface area contributed by atoms with E-state index in [1.54, 1.807) is 0 Å². The fraction of sp³-hybridized carbons (Fsp3) is 0.714. The van der Waals surface area contributed by atoms with E-state index < -0.39 is 0 Å². The van der Waals surface area contributed by atoms with E-state index in [0.29, 0.717) is 24.9 Å². The Balaban J connectivity index is 1.64. The number of hydrogen-bond acceptors (Lipinski definition) is 5. The Morgan fingerprint density at radius 1 is 1.21 bits per heavy atom. The lowest BCUT2D eigenvalue weighted by atomic mass is 10.0. The van der Waals surface area contributed by atoms with Gasteiger partial charge in [-0.3, -0.25) is 0 Å². The minimum Gasteiger partial charge on any atom is -0.478 e. The molecule has 28 heavy (non-hydrogen) atoms. The molecule has 1 aromatic heterocycles. The predicted molar refractivity (Wildman–Crippen MR) is 112 cm³/mol. The molecule has 1 aliphatic heterocycles. The fourth-order valence-electron chi connectivity index (χ4n) is 2.85. The van der Waals surface area contributed by atoms with Crippen LogP contribution < -0.4 is 15.4 Å². The minimum absolute atomic E-state index is 0.580. The third-order valence-electron chi connectivity index (χ3n) is 4.47. The van der Waals surface area contributed by atoms with Crippen LogP contribution in [0.3, 0.4) is 0 Å². The summed E-state index contributed by atoms with van der Waals surface area (Å²) in [6.45, 7) is 10.5. The van der Waals surface area contributed by atoms with Crippen LogP contribution in [0.2, 0.25) is 0 Å². The molecule has 1 aliphatic rings. The molecule has 2 N–H and O–H groups in total. The second kappa shape index (κ2) is 14.2. The molecule has 2 heterocycles. The molecule has 0 amide bonds. The van der Waals surface area contributed by atoms with Crippen molar-refractivity contribution in [3.8, 4) is 5.88 Å². The number of nitrogens with zero attached hydrogens (tertiary/aromatic N) is 2. The van der Waals surface area contributed by atoms with Gasteiger partial charge in [-0.1, -0.05) is 13.0 Å². The van der Waals surface area contributed by atoms with Gasteiger partial charge in [0.25, 0.3) is 0 Å². The van der Waals surface area contributed by atoms with Crippen LogP contribution in [0.5, 0.6) is 5.88 Å². The van der Waals surface area contributed by atoms with E-state index in [1.807, 2.05) is 18.3 Å². The Bertz CT molecular complexity index is 545. The molecule has 1 aromatic rings. The molecule has 1 fully saturated rings. The fourth-order valence-corrected chi connectivity index (χ4v) is 2.85. The van der Waals surface area contributed by atoms with Crippen molar-refractivity contribution in [3.05, 3.63) is 23.9 Å². The molecule has 0 saturated carbocycles. The van der Waals surface area contributed by atoms with Gasteiger partial charge in [0.2, 0.25) is 5.88 Å². The van der Waals surface area contributed by atoms with Crippen LogP contribution in [0.1, 0.15) is 45.1 Å². The highest BCUT2D eigenvalue weighted by Gasteiger charge is 2.13. The Labute approximate surface area is 169 Å². The molecule has 0 atom stereocenters. The van der Waals surface area contributed by atoms with E-state index in [1.165, 1.54) is 0 Å². The molecular weight excluding hydrogens is 356 g/mol. The first-order chi connectivity index (χ1) is 13.8. The standard InChI is InChI=1S/C21H36N4O3/c1-3-11-28-20-7-6-19(15-24-20)16-25-21(22-4-2)23-10-5-12-27-17-18-8-13-26-14-9-18/h6-7,15,18H,3-5,8-14,16-17H2,1-2H3,(H2,22,23,25). The van der Waals surface area contributed by atoms with Crippen LogP contribution in [-0.4, -0.2) is 57.1 Å². The summed E-state index contributed by atoms with van der Waals surface area (Å²) in [7, 11) is 0. The maximum absolute atomic E-state index is 5.81. The Hall–Kier alpha value is -1.86. The summed E-state index contributed by atoms with van der Waals surface area (Å²) in [6.07, 6.45) is 6.00. The molecule has 158 valence electrons. The van der Waals surface area contributed by atoms with Crippen LogP contribution in [0.15, 0.2) is 23.3 Å². The van der Waals surface area contributed by atoms with Crippen LogP contribution in [0, 0.1) is 5.92 Å². The van der Waals surface area contributed by atoms with Gasteiger partial charge in [-0.2, -0.15) is 0 Å². The van der Waals surface area contributed by atoms with Crippen molar-refractivity contribution in [2.45, 2.75) is 46.1 Å². The number of pyridine rings is 1. The highest BCUT2D eigenvalue weighted by Crippen LogP contribution is 2.14. The number of aliphatic imine (C=N–C) groups is 1. The third-order valence-corrected chi connectivity index (χ3v) is 4.47. The van der Waals surface area contributed by atoms with Crippen molar-refractivity contribution in [2.75, 3.05) is 46.1 Å². The van der Waals surface area contributed by atoms with E-state index in [2.05, 4.69) is 34.5 Å². The quantitative estimate of drug-likeness (QED) is 0.324. The highest BCUT2D eigenvalue weighted by molar-refractivity contribution is 5.79. The van der Waals surface area contributed by atoms with Gasteiger partial charge in [0.15, 0.2) is 5.96 Å². The Kier molecular flexibility index (Phi) is 11.4. The van der Waals surface area contributed by atoms with E-state index in [0.717, 1.165) is 76.7 Å². The van der Waals surface area contributed by atoms with Gasteiger partial charge in [-0.15, -0.1) is 0 Å². The molecule has 0 aliphatic carbocycles. The zero-order valence-corrected chi connectivity index (χ0v) is 17.4. The predicted octanol–water partition coefficient (Wildman–Crippen LogP) is 2.76. The number of aromatic nitrogens is 1. The second-order valence-electron chi connectivity index (χ2n) is 6.96.